The molecule has 25 heavy (non-hydrogen) atoms. The average molecular weight is 356 g/mol. The van der Waals surface area contributed by atoms with Crippen LogP contribution in [0.5, 0.6) is 11.5 Å². The van der Waals surface area contributed by atoms with Crippen LogP contribution in [0.15, 0.2) is 65.5 Å². The molecule has 5 nitrogen and oxygen atoms in total. The Morgan fingerprint density at radius 2 is 1.80 bits per heavy atom. The maximum absolute atomic E-state index is 11.5. The minimum atomic E-state index is -0.137. The Hall–Kier alpha value is -2.57. The third-order valence-corrected chi connectivity index (χ3v) is 4.72. The van der Waals surface area contributed by atoms with E-state index in [1.165, 1.54) is 11.5 Å². The molecule has 0 bridgehead atoms. The molecule has 2 N–H and O–H groups in total. The lowest BCUT2D eigenvalue weighted by Crippen LogP contribution is -2.33. The largest absolute Gasteiger partial charge is 0.457 e. The van der Waals surface area contributed by atoms with Crippen LogP contribution in [-0.4, -0.2) is 22.1 Å². The fourth-order valence-corrected chi connectivity index (χ4v) is 3.39. The number of nitrogens with zero attached hydrogens (tertiary/aromatic N) is 1. The van der Waals surface area contributed by atoms with Gasteiger partial charge >= 0.3 is 0 Å². The van der Waals surface area contributed by atoms with Crippen molar-refractivity contribution in [2.24, 2.45) is 0 Å². The van der Waals surface area contributed by atoms with Gasteiger partial charge in [0, 0.05) is 11.8 Å². The first-order valence-electron chi connectivity index (χ1n) is 8.13. The number of ether oxygens (including phenoxy) is 1. The summed E-state index contributed by atoms with van der Waals surface area (Å²) in [5.74, 6) is 1.51. The lowest BCUT2D eigenvalue weighted by Gasteiger charge is -2.30. The Kier molecular flexibility index (Phi) is 5.53. The van der Waals surface area contributed by atoms with E-state index in [4.69, 9.17) is 4.74 Å². The van der Waals surface area contributed by atoms with Gasteiger partial charge in [-0.2, -0.15) is 0 Å². The molecule has 0 aliphatic heterocycles. The molecule has 0 spiro atoms. The van der Waals surface area contributed by atoms with Crippen molar-refractivity contribution in [1.82, 2.24) is 4.37 Å². The average Bonchev–Trinajstić information content (AvgIpc) is 3.07. The normalized spacial score (nSPS) is 11.9. The van der Waals surface area contributed by atoms with Crippen molar-refractivity contribution in [3.8, 4) is 11.5 Å². The highest BCUT2D eigenvalue weighted by atomic mass is 32.1. The molecular formula is C19H20N2O3S. The van der Waals surface area contributed by atoms with Crippen LogP contribution in [0.4, 0.5) is 10.7 Å². The number of hydrogen-bond donors (Lipinski definition) is 2. The molecular weight excluding hydrogens is 336 g/mol. The molecule has 1 atom stereocenters. The van der Waals surface area contributed by atoms with E-state index in [0.717, 1.165) is 28.6 Å². The number of aromatic nitrogens is 1. The predicted molar refractivity (Wildman–Crippen MR) is 101 cm³/mol. The zero-order valence-electron chi connectivity index (χ0n) is 13.9. The van der Waals surface area contributed by atoms with Crippen LogP contribution in [-0.2, 0) is 0 Å². The molecule has 6 heteroatoms. The lowest BCUT2D eigenvalue weighted by atomic mass is 10.1. The molecule has 0 saturated heterocycles. The lowest BCUT2D eigenvalue weighted by molar-refractivity contribution is 0.262. The summed E-state index contributed by atoms with van der Waals surface area (Å²) in [6, 6.07) is 18.7. The first kappa shape index (κ1) is 17.3. The third kappa shape index (κ3) is 4.10. The van der Waals surface area contributed by atoms with E-state index in [-0.39, 0.29) is 18.2 Å². The van der Waals surface area contributed by atoms with Gasteiger partial charge in [-0.1, -0.05) is 25.1 Å². The number of rotatable bonds is 7. The van der Waals surface area contributed by atoms with E-state index < -0.39 is 0 Å². The van der Waals surface area contributed by atoms with Crippen molar-refractivity contribution in [1.29, 1.82) is 0 Å². The van der Waals surface area contributed by atoms with Gasteiger partial charge in [0.25, 0.3) is 5.56 Å². The van der Waals surface area contributed by atoms with Gasteiger partial charge in [0.05, 0.1) is 12.6 Å². The van der Waals surface area contributed by atoms with Crippen LogP contribution in [0.1, 0.15) is 13.3 Å². The Morgan fingerprint density at radius 3 is 2.36 bits per heavy atom. The van der Waals surface area contributed by atoms with Gasteiger partial charge in [-0.25, -0.2) is 0 Å². The summed E-state index contributed by atoms with van der Waals surface area (Å²) >= 11 is 1.26. The van der Waals surface area contributed by atoms with Crippen LogP contribution in [0.25, 0.3) is 0 Å². The number of aliphatic hydroxyl groups excluding tert-OH is 1. The highest BCUT2D eigenvalue weighted by molar-refractivity contribution is 7.10. The number of H-pyrrole nitrogens is 1. The smallest absolute Gasteiger partial charge is 0.260 e. The van der Waals surface area contributed by atoms with Gasteiger partial charge in [-0.05, 0) is 54.4 Å². The first-order valence-corrected chi connectivity index (χ1v) is 8.94. The standard InChI is InChI=1S/C19H20N2O3S/c1-2-14(13-22)21(19-12-18(23)20-25-19)15-8-10-17(11-9-15)24-16-6-4-3-5-7-16/h3-12,14,22H,2,13H2,1H3,(H,20,23)/t14-/m0/s1. The summed E-state index contributed by atoms with van der Waals surface area (Å²) in [6.07, 6.45) is 0.755. The summed E-state index contributed by atoms with van der Waals surface area (Å²) in [5, 5.41) is 10.5. The van der Waals surface area contributed by atoms with E-state index in [9.17, 15) is 9.90 Å². The predicted octanol–water partition coefficient (Wildman–Crippen LogP) is 4.14. The van der Waals surface area contributed by atoms with Gasteiger partial charge in [-0.3, -0.25) is 9.17 Å². The second-order valence-electron chi connectivity index (χ2n) is 5.57. The molecule has 0 aliphatic rings. The van der Waals surface area contributed by atoms with Crippen molar-refractivity contribution >= 4 is 22.2 Å². The van der Waals surface area contributed by atoms with Gasteiger partial charge in [-0.15, -0.1) is 0 Å². The molecule has 130 valence electrons. The number of hydrogen-bond acceptors (Lipinski definition) is 5. The van der Waals surface area contributed by atoms with Crippen molar-refractivity contribution in [3.05, 3.63) is 71.0 Å². The van der Waals surface area contributed by atoms with Crippen LogP contribution >= 0.6 is 11.5 Å². The molecule has 1 heterocycles. The SMILES string of the molecule is CC[C@@H](CO)N(c1ccc(Oc2ccccc2)cc1)c1cc(=O)[nH]s1. The van der Waals surface area contributed by atoms with Crippen LogP contribution in [0.2, 0.25) is 0 Å². The van der Waals surface area contributed by atoms with Gasteiger partial charge in [0.1, 0.15) is 16.5 Å². The number of anilines is 2. The molecule has 0 saturated carbocycles. The summed E-state index contributed by atoms with van der Waals surface area (Å²) in [7, 11) is 0. The molecule has 0 radical (unpaired) electrons. The molecule has 3 rings (SSSR count). The molecule has 0 fully saturated rings. The first-order chi connectivity index (χ1) is 12.2. The zero-order chi connectivity index (χ0) is 17.6. The van der Waals surface area contributed by atoms with E-state index in [1.54, 1.807) is 6.07 Å². The van der Waals surface area contributed by atoms with Gasteiger partial charge in [0.2, 0.25) is 0 Å². The topological polar surface area (TPSA) is 65.6 Å². The third-order valence-electron chi connectivity index (χ3n) is 3.89. The molecule has 0 amide bonds. The second kappa shape index (κ2) is 8.00. The summed E-state index contributed by atoms with van der Waals surface area (Å²) in [4.78, 5) is 13.5. The minimum Gasteiger partial charge on any atom is -0.457 e. The van der Waals surface area contributed by atoms with Crippen molar-refractivity contribution in [3.63, 3.8) is 0 Å². The fraction of sp³-hybridized carbons (Fsp3) is 0.211. The summed E-state index contributed by atoms with van der Waals surface area (Å²) < 4.78 is 8.52. The fourth-order valence-electron chi connectivity index (χ4n) is 2.60. The number of nitrogens with one attached hydrogen (secondary N) is 1. The summed E-state index contributed by atoms with van der Waals surface area (Å²) in [6.45, 7) is 2.01. The molecule has 0 aliphatic carbocycles. The number of para-hydroxylation sites is 1. The van der Waals surface area contributed by atoms with Crippen molar-refractivity contribution in [2.45, 2.75) is 19.4 Å². The maximum Gasteiger partial charge on any atom is 0.260 e. The number of benzene rings is 2. The number of aliphatic hydroxyl groups is 1. The van der Waals surface area contributed by atoms with Crippen LogP contribution < -0.4 is 15.2 Å². The van der Waals surface area contributed by atoms with Gasteiger partial charge < -0.3 is 14.7 Å². The van der Waals surface area contributed by atoms with Crippen molar-refractivity contribution < 1.29 is 9.84 Å². The van der Waals surface area contributed by atoms with Crippen LogP contribution in [0, 0.1) is 0 Å². The molecule has 1 aromatic heterocycles. The van der Waals surface area contributed by atoms with Crippen LogP contribution in [0.3, 0.4) is 0 Å². The quantitative estimate of drug-likeness (QED) is 0.668. The maximum atomic E-state index is 11.5. The van der Waals surface area contributed by atoms with Crippen molar-refractivity contribution in [2.75, 3.05) is 11.5 Å². The van der Waals surface area contributed by atoms with E-state index in [2.05, 4.69) is 4.37 Å². The number of aromatic amines is 1. The zero-order valence-corrected chi connectivity index (χ0v) is 14.7. The summed E-state index contributed by atoms with van der Waals surface area (Å²) in [5.41, 5.74) is 0.762. The highest BCUT2D eigenvalue weighted by Gasteiger charge is 2.20. The second-order valence-corrected chi connectivity index (χ2v) is 6.40. The molecule has 3 aromatic rings. The Balaban J connectivity index is 1.87. The Morgan fingerprint density at radius 1 is 1.12 bits per heavy atom. The molecule has 2 aromatic carbocycles. The monoisotopic (exact) mass is 356 g/mol. The Bertz CT molecular complexity index is 839. The van der Waals surface area contributed by atoms with E-state index in [1.807, 2.05) is 66.4 Å². The Labute approximate surface area is 150 Å². The van der Waals surface area contributed by atoms with E-state index >= 15 is 0 Å². The molecule has 0 unspecified atom stereocenters. The minimum absolute atomic E-state index is 0.00482. The van der Waals surface area contributed by atoms with E-state index in [0.29, 0.717) is 0 Å². The highest BCUT2D eigenvalue weighted by Crippen LogP contribution is 2.32. The van der Waals surface area contributed by atoms with Gasteiger partial charge in [0.15, 0.2) is 0 Å².